The Balaban J connectivity index is 2.11. The van der Waals surface area contributed by atoms with Crippen LogP contribution in [0.4, 0.5) is 0 Å². The van der Waals surface area contributed by atoms with E-state index in [1.807, 2.05) is 29.8 Å². The maximum Gasteiger partial charge on any atom is 0.270 e. The first kappa shape index (κ1) is 17.0. The second kappa shape index (κ2) is 6.94. The molecule has 2 aromatic heterocycles. The molecule has 0 saturated heterocycles. The standard InChI is InChI=1S/C17H16BrN5O2/c1-11-9-22(10-20-11)14-6-5-12(8-15(14)25-2)16(21-19)23-7-3-4-13(18)17(23)24/h3-10H,19H2,1-2H3/b21-16-. The minimum atomic E-state index is -0.250. The van der Waals surface area contributed by atoms with Gasteiger partial charge in [0.2, 0.25) is 0 Å². The van der Waals surface area contributed by atoms with Crippen molar-refractivity contribution in [2.45, 2.75) is 6.92 Å². The summed E-state index contributed by atoms with van der Waals surface area (Å²) in [5, 5.41) is 3.80. The second-order valence-electron chi connectivity index (χ2n) is 5.29. The van der Waals surface area contributed by atoms with Gasteiger partial charge in [0.05, 0.1) is 29.3 Å². The Hall–Kier alpha value is -2.87. The van der Waals surface area contributed by atoms with Crippen LogP contribution in [0.2, 0.25) is 0 Å². The molecule has 128 valence electrons. The molecule has 0 spiro atoms. The Morgan fingerprint density at radius 1 is 1.36 bits per heavy atom. The lowest BCUT2D eigenvalue weighted by Crippen LogP contribution is -2.28. The summed E-state index contributed by atoms with van der Waals surface area (Å²) >= 11 is 3.22. The minimum absolute atomic E-state index is 0.250. The van der Waals surface area contributed by atoms with Crippen molar-refractivity contribution in [2.75, 3.05) is 7.11 Å². The van der Waals surface area contributed by atoms with E-state index in [0.29, 0.717) is 21.6 Å². The first-order valence-corrected chi connectivity index (χ1v) is 8.19. The molecule has 0 bridgehead atoms. The number of nitrogens with two attached hydrogens (primary N) is 1. The van der Waals surface area contributed by atoms with Crippen molar-refractivity contribution in [1.82, 2.24) is 14.1 Å². The number of ether oxygens (including phenoxy) is 1. The summed E-state index contributed by atoms with van der Waals surface area (Å²) in [4.78, 5) is 16.5. The third kappa shape index (κ3) is 3.20. The highest BCUT2D eigenvalue weighted by atomic mass is 79.9. The van der Waals surface area contributed by atoms with Crippen molar-refractivity contribution in [1.29, 1.82) is 0 Å². The topological polar surface area (TPSA) is 87.4 Å². The number of hydrogen-bond donors (Lipinski definition) is 1. The van der Waals surface area contributed by atoms with E-state index in [2.05, 4.69) is 26.0 Å². The van der Waals surface area contributed by atoms with Crippen LogP contribution in [0.5, 0.6) is 5.75 Å². The molecule has 0 saturated carbocycles. The van der Waals surface area contributed by atoms with Crippen molar-refractivity contribution < 1.29 is 4.74 Å². The van der Waals surface area contributed by atoms with Gasteiger partial charge in [0.25, 0.3) is 5.56 Å². The number of methoxy groups -OCH3 is 1. The summed E-state index contributed by atoms with van der Waals surface area (Å²) in [5.41, 5.74) is 2.13. The lowest BCUT2D eigenvalue weighted by molar-refractivity contribution is 0.412. The zero-order valence-electron chi connectivity index (χ0n) is 13.7. The summed E-state index contributed by atoms with van der Waals surface area (Å²) < 4.78 is 9.16. The molecule has 0 amide bonds. The Kier molecular flexibility index (Phi) is 4.71. The molecule has 0 fully saturated rings. The fraction of sp³-hybridized carbons (Fsp3) is 0.118. The Bertz CT molecular complexity index is 1010. The Morgan fingerprint density at radius 3 is 2.80 bits per heavy atom. The lowest BCUT2D eigenvalue weighted by Gasteiger charge is -2.13. The highest BCUT2D eigenvalue weighted by Crippen LogP contribution is 2.25. The van der Waals surface area contributed by atoms with E-state index in [0.717, 1.165) is 11.4 Å². The summed E-state index contributed by atoms with van der Waals surface area (Å²) in [7, 11) is 1.58. The van der Waals surface area contributed by atoms with Crippen molar-refractivity contribution in [3.05, 3.63) is 75.1 Å². The predicted octanol–water partition coefficient (Wildman–Crippen LogP) is 2.28. The van der Waals surface area contributed by atoms with E-state index in [9.17, 15) is 4.79 Å². The maximum atomic E-state index is 12.3. The third-order valence-corrected chi connectivity index (χ3v) is 4.28. The molecule has 1 aromatic carbocycles. The van der Waals surface area contributed by atoms with Gasteiger partial charge < -0.3 is 15.1 Å². The van der Waals surface area contributed by atoms with Crippen molar-refractivity contribution in [2.24, 2.45) is 10.9 Å². The largest absolute Gasteiger partial charge is 0.495 e. The number of aromatic nitrogens is 3. The molecule has 0 aliphatic heterocycles. The molecule has 25 heavy (non-hydrogen) atoms. The van der Waals surface area contributed by atoms with Gasteiger partial charge in [-0.25, -0.2) is 4.98 Å². The van der Waals surface area contributed by atoms with E-state index >= 15 is 0 Å². The van der Waals surface area contributed by atoms with Crippen LogP contribution in [0.3, 0.4) is 0 Å². The number of hydrazone groups is 1. The van der Waals surface area contributed by atoms with Gasteiger partial charge in [0.1, 0.15) is 5.75 Å². The molecule has 2 N–H and O–H groups in total. The van der Waals surface area contributed by atoms with Crippen LogP contribution in [-0.2, 0) is 0 Å². The highest BCUT2D eigenvalue weighted by molar-refractivity contribution is 9.10. The lowest BCUT2D eigenvalue weighted by atomic mass is 10.1. The van der Waals surface area contributed by atoms with E-state index in [1.54, 1.807) is 37.8 Å². The van der Waals surface area contributed by atoms with Crippen LogP contribution in [-0.4, -0.2) is 27.1 Å². The van der Waals surface area contributed by atoms with Crippen LogP contribution < -0.4 is 16.1 Å². The van der Waals surface area contributed by atoms with Crippen LogP contribution in [0.25, 0.3) is 5.69 Å². The average Bonchev–Trinajstić information content (AvgIpc) is 3.05. The number of halogens is 1. The molecule has 2 heterocycles. The number of imidazole rings is 1. The van der Waals surface area contributed by atoms with Crippen molar-refractivity contribution in [3.8, 4) is 11.4 Å². The summed E-state index contributed by atoms with van der Waals surface area (Å²) in [6.07, 6.45) is 5.22. The van der Waals surface area contributed by atoms with Crippen molar-refractivity contribution >= 4 is 21.8 Å². The zero-order chi connectivity index (χ0) is 18.0. The zero-order valence-corrected chi connectivity index (χ0v) is 15.3. The van der Waals surface area contributed by atoms with Crippen LogP contribution in [0.15, 0.2) is 63.4 Å². The average molecular weight is 402 g/mol. The number of hydrogen-bond acceptors (Lipinski definition) is 5. The minimum Gasteiger partial charge on any atom is -0.495 e. The predicted molar refractivity (Wildman–Crippen MR) is 99.4 cm³/mol. The van der Waals surface area contributed by atoms with Gasteiger partial charge in [-0.2, -0.15) is 5.10 Å². The normalized spacial score (nSPS) is 11.6. The summed E-state index contributed by atoms with van der Waals surface area (Å²) in [6, 6.07) is 8.87. The molecule has 0 aliphatic rings. The molecule has 3 rings (SSSR count). The van der Waals surface area contributed by atoms with Crippen LogP contribution >= 0.6 is 15.9 Å². The fourth-order valence-electron chi connectivity index (χ4n) is 2.49. The third-order valence-electron chi connectivity index (χ3n) is 3.68. The number of benzene rings is 1. The van der Waals surface area contributed by atoms with Gasteiger partial charge in [-0.1, -0.05) is 0 Å². The number of aryl methyl sites for hydroxylation is 1. The van der Waals surface area contributed by atoms with Gasteiger partial charge in [0, 0.05) is 18.0 Å². The number of pyridine rings is 1. The SMILES string of the molecule is COc1cc(/C(=N/N)n2cccc(Br)c2=O)ccc1-n1cnc(C)c1. The van der Waals surface area contributed by atoms with Gasteiger partial charge in [-0.15, -0.1) is 0 Å². The molecule has 0 atom stereocenters. The van der Waals surface area contributed by atoms with Crippen molar-refractivity contribution in [3.63, 3.8) is 0 Å². The molecular formula is C17H16BrN5O2. The second-order valence-corrected chi connectivity index (χ2v) is 6.15. The van der Waals surface area contributed by atoms with E-state index < -0.39 is 0 Å². The highest BCUT2D eigenvalue weighted by Gasteiger charge is 2.14. The molecule has 7 nitrogen and oxygen atoms in total. The van der Waals surface area contributed by atoms with Gasteiger partial charge in [0.15, 0.2) is 5.84 Å². The monoisotopic (exact) mass is 401 g/mol. The van der Waals surface area contributed by atoms with E-state index in [-0.39, 0.29) is 5.56 Å². The Labute approximate surface area is 152 Å². The molecule has 0 aliphatic carbocycles. The van der Waals surface area contributed by atoms with Gasteiger partial charge in [-0.05, 0) is 53.2 Å². The first-order chi connectivity index (χ1) is 12.0. The quantitative estimate of drug-likeness (QED) is 0.315. The van der Waals surface area contributed by atoms with E-state index in [4.69, 9.17) is 10.6 Å². The van der Waals surface area contributed by atoms with Gasteiger partial charge in [-0.3, -0.25) is 9.36 Å². The maximum absolute atomic E-state index is 12.3. The number of nitrogens with zero attached hydrogens (tertiary/aromatic N) is 4. The molecule has 8 heteroatoms. The summed E-state index contributed by atoms with van der Waals surface area (Å²) in [5.74, 6) is 6.48. The molecular weight excluding hydrogens is 386 g/mol. The molecule has 0 radical (unpaired) electrons. The van der Waals surface area contributed by atoms with Gasteiger partial charge >= 0.3 is 0 Å². The summed E-state index contributed by atoms with van der Waals surface area (Å²) in [6.45, 7) is 1.91. The van der Waals surface area contributed by atoms with Crippen LogP contribution in [0, 0.1) is 6.92 Å². The fourth-order valence-corrected chi connectivity index (χ4v) is 2.84. The first-order valence-electron chi connectivity index (χ1n) is 7.40. The van der Waals surface area contributed by atoms with E-state index in [1.165, 1.54) is 4.57 Å². The Morgan fingerprint density at radius 2 is 2.16 bits per heavy atom. The molecule has 0 unspecified atom stereocenters. The molecule has 3 aromatic rings. The smallest absolute Gasteiger partial charge is 0.270 e. The number of rotatable bonds is 3. The van der Waals surface area contributed by atoms with Crippen LogP contribution in [0.1, 0.15) is 11.3 Å².